The molecule has 0 saturated carbocycles. The third-order valence-electron chi connectivity index (χ3n) is 12.7. The molecule has 72 heavy (non-hydrogen) atoms. The maximum Gasteiger partial charge on any atom is 0.306 e. The fraction of sp³-hybridized carbons (Fsp3) is 0.672. The van der Waals surface area contributed by atoms with Gasteiger partial charge in [-0.25, -0.2) is 0 Å². The molecule has 0 rings (SSSR count). The van der Waals surface area contributed by atoms with E-state index in [9.17, 15) is 14.7 Å². The van der Waals surface area contributed by atoms with E-state index < -0.39 is 6.10 Å². The molecule has 0 amide bonds. The first-order valence-electron chi connectivity index (χ1n) is 30.1. The molecule has 0 saturated heterocycles. The van der Waals surface area contributed by atoms with E-state index in [1.165, 1.54) is 148 Å². The van der Waals surface area contributed by atoms with Crippen molar-refractivity contribution in [1.82, 2.24) is 0 Å². The molecule has 410 valence electrons. The number of aliphatic hydroxyl groups excluding tert-OH is 1. The largest absolute Gasteiger partial charge is 0.462 e. The zero-order chi connectivity index (χ0) is 52.0. The van der Waals surface area contributed by atoms with Crippen LogP contribution in [0.2, 0.25) is 0 Å². The fourth-order valence-electron chi connectivity index (χ4n) is 8.25. The van der Waals surface area contributed by atoms with E-state index in [2.05, 4.69) is 135 Å². The molecule has 0 aromatic heterocycles. The van der Waals surface area contributed by atoms with Crippen molar-refractivity contribution < 1.29 is 24.2 Å². The Bertz CT molecular complexity index is 1450. The molecule has 0 bridgehead atoms. The van der Waals surface area contributed by atoms with Crippen molar-refractivity contribution in [2.45, 2.75) is 277 Å². The second kappa shape index (κ2) is 61.6. The molecule has 0 radical (unpaired) electrons. The van der Waals surface area contributed by atoms with Crippen molar-refractivity contribution in [3.63, 3.8) is 0 Å². The van der Waals surface area contributed by atoms with Gasteiger partial charge in [-0.15, -0.1) is 0 Å². The Hall–Kier alpha value is -3.70. The Morgan fingerprint density at radius 3 is 0.917 bits per heavy atom. The van der Waals surface area contributed by atoms with Gasteiger partial charge < -0.3 is 14.6 Å². The Kier molecular flexibility index (Phi) is 58.4. The van der Waals surface area contributed by atoms with Gasteiger partial charge in [0.2, 0.25) is 0 Å². The third-order valence-corrected chi connectivity index (χ3v) is 12.7. The second-order valence-electron chi connectivity index (χ2n) is 19.7. The molecular weight excluding hydrogens is 885 g/mol. The predicted molar refractivity (Wildman–Crippen MR) is 315 cm³/mol. The highest BCUT2D eigenvalue weighted by Gasteiger charge is 2.16. The number of carbonyl (C=O) groups excluding carboxylic acids is 2. The van der Waals surface area contributed by atoms with Gasteiger partial charge in [-0.05, 0) is 109 Å². The molecule has 0 spiro atoms. The summed E-state index contributed by atoms with van der Waals surface area (Å²) in [6.07, 6.45) is 90.3. The van der Waals surface area contributed by atoms with E-state index in [4.69, 9.17) is 9.47 Å². The zero-order valence-corrected chi connectivity index (χ0v) is 46.9. The fourth-order valence-corrected chi connectivity index (χ4v) is 8.25. The lowest BCUT2D eigenvalue weighted by atomic mass is 10.0. The minimum Gasteiger partial charge on any atom is -0.462 e. The summed E-state index contributed by atoms with van der Waals surface area (Å²) < 4.78 is 10.7. The number of rotatable bonds is 54. The van der Waals surface area contributed by atoms with Crippen LogP contribution < -0.4 is 0 Å². The molecule has 0 fully saturated rings. The summed E-state index contributed by atoms with van der Waals surface area (Å²) in [6.45, 7) is 4.03. The number of hydrogen-bond acceptors (Lipinski definition) is 5. The van der Waals surface area contributed by atoms with E-state index in [1.54, 1.807) is 0 Å². The summed E-state index contributed by atoms with van der Waals surface area (Å²) in [7, 11) is 0. The Morgan fingerprint density at radius 2 is 0.597 bits per heavy atom. The quantitative estimate of drug-likeness (QED) is 0.0373. The first-order chi connectivity index (χ1) is 35.6. The Balaban J connectivity index is 3.55. The van der Waals surface area contributed by atoms with Gasteiger partial charge in [0.05, 0.1) is 6.61 Å². The molecule has 5 heteroatoms. The normalized spacial score (nSPS) is 13.1. The van der Waals surface area contributed by atoms with Crippen molar-refractivity contribution in [3.05, 3.63) is 122 Å². The molecule has 0 aromatic carbocycles. The molecule has 0 aliphatic heterocycles. The molecule has 0 heterocycles. The highest BCUT2D eigenvalue weighted by Crippen LogP contribution is 2.15. The Morgan fingerprint density at radius 1 is 0.333 bits per heavy atom. The van der Waals surface area contributed by atoms with E-state index in [0.29, 0.717) is 12.8 Å². The molecule has 0 aromatic rings. The van der Waals surface area contributed by atoms with Crippen LogP contribution in [0.15, 0.2) is 122 Å². The van der Waals surface area contributed by atoms with Crippen molar-refractivity contribution in [2.75, 3.05) is 13.2 Å². The van der Waals surface area contributed by atoms with Gasteiger partial charge in [-0.2, -0.15) is 0 Å². The predicted octanol–water partition coefficient (Wildman–Crippen LogP) is 20.6. The lowest BCUT2D eigenvalue weighted by Crippen LogP contribution is -2.28. The number of carbonyl (C=O) groups is 2. The number of allylic oxidation sites excluding steroid dienone is 20. The smallest absolute Gasteiger partial charge is 0.306 e. The van der Waals surface area contributed by atoms with Crippen LogP contribution in [0.1, 0.15) is 271 Å². The molecule has 0 aliphatic rings. The van der Waals surface area contributed by atoms with Crippen molar-refractivity contribution >= 4 is 11.9 Å². The van der Waals surface area contributed by atoms with E-state index in [-0.39, 0.29) is 25.2 Å². The molecule has 5 nitrogen and oxygen atoms in total. The molecular formula is C67H112O5. The lowest BCUT2D eigenvalue weighted by Gasteiger charge is -2.15. The van der Waals surface area contributed by atoms with Gasteiger partial charge in [0.1, 0.15) is 6.61 Å². The van der Waals surface area contributed by atoms with Gasteiger partial charge in [-0.1, -0.05) is 270 Å². The van der Waals surface area contributed by atoms with Crippen molar-refractivity contribution in [1.29, 1.82) is 0 Å². The van der Waals surface area contributed by atoms with E-state index >= 15 is 0 Å². The first kappa shape index (κ1) is 68.3. The summed E-state index contributed by atoms with van der Waals surface area (Å²) >= 11 is 0. The van der Waals surface area contributed by atoms with Crippen molar-refractivity contribution in [3.8, 4) is 0 Å². The lowest BCUT2D eigenvalue weighted by molar-refractivity contribution is -0.161. The van der Waals surface area contributed by atoms with Crippen LogP contribution in [0.25, 0.3) is 0 Å². The van der Waals surface area contributed by atoms with Crippen LogP contribution in [0.5, 0.6) is 0 Å². The van der Waals surface area contributed by atoms with E-state index in [1.807, 2.05) is 0 Å². The molecule has 1 N–H and O–H groups in total. The van der Waals surface area contributed by atoms with Crippen LogP contribution in [0.4, 0.5) is 0 Å². The van der Waals surface area contributed by atoms with Gasteiger partial charge in [0.25, 0.3) is 0 Å². The highest BCUT2D eigenvalue weighted by molar-refractivity contribution is 5.70. The average molecular weight is 998 g/mol. The van der Waals surface area contributed by atoms with Gasteiger partial charge in [0, 0.05) is 12.8 Å². The summed E-state index contributed by atoms with van der Waals surface area (Å²) in [5, 5.41) is 9.66. The minimum absolute atomic E-state index is 0.0718. The van der Waals surface area contributed by atoms with Gasteiger partial charge in [0.15, 0.2) is 6.10 Å². The van der Waals surface area contributed by atoms with Crippen LogP contribution >= 0.6 is 0 Å². The Labute approximate surface area is 445 Å². The van der Waals surface area contributed by atoms with Crippen LogP contribution in [0, 0.1) is 0 Å². The third kappa shape index (κ3) is 58.9. The summed E-state index contributed by atoms with van der Waals surface area (Å²) in [4.78, 5) is 24.5. The summed E-state index contributed by atoms with van der Waals surface area (Å²) in [5.41, 5.74) is 0. The summed E-state index contributed by atoms with van der Waals surface area (Å²) in [5.74, 6) is -0.595. The maximum atomic E-state index is 12.3. The van der Waals surface area contributed by atoms with Crippen LogP contribution in [-0.2, 0) is 19.1 Å². The SMILES string of the molecule is CC/C=C\C/C=C\C/C=C\C/C=C\C/C=C\C/C=C\C/C=C\C/C=C\C/C=C\CCCCCCCCCCCCCC(=O)OC(CO)COC(=O)CCCCCCCCCCC/C=C\CCCCCCCC. The molecule has 1 unspecified atom stereocenters. The van der Waals surface area contributed by atoms with Gasteiger partial charge >= 0.3 is 11.9 Å². The molecule has 1 atom stereocenters. The van der Waals surface area contributed by atoms with Crippen molar-refractivity contribution in [2.24, 2.45) is 0 Å². The highest BCUT2D eigenvalue weighted by atomic mass is 16.6. The number of ether oxygens (including phenoxy) is 2. The monoisotopic (exact) mass is 997 g/mol. The average Bonchev–Trinajstić information content (AvgIpc) is 3.38. The minimum atomic E-state index is -0.781. The van der Waals surface area contributed by atoms with E-state index in [0.717, 1.165) is 96.3 Å². The van der Waals surface area contributed by atoms with Crippen LogP contribution in [-0.4, -0.2) is 36.4 Å². The number of hydrogen-bond donors (Lipinski definition) is 1. The number of unbranched alkanes of at least 4 members (excludes halogenated alkanes) is 26. The maximum absolute atomic E-state index is 12.3. The first-order valence-corrected chi connectivity index (χ1v) is 30.1. The van der Waals surface area contributed by atoms with Crippen LogP contribution in [0.3, 0.4) is 0 Å². The zero-order valence-electron chi connectivity index (χ0n) is 46.9. The van der Waals surface area contributed by atoms with Gasteiger partial charge in [-0.3, -0.25) is 9.59 Å². The number of esters is 2. The topological polar surface area (TPSA) is 72.8 Å². The molecule has 0 aliphatic carbocycles. The second-order valence-corrected chi connectivity index (χ2v) is 19.7. The summed E-state index contributed by atoms with van der Waals surface area (Å²) in [6, 6.07) is 0. The standard InChI is InChI=1S/C67H112O5/c1-3-5-7-9-11-13-15-17-19-21-23-24-25-26-27-28-29-30-31-32-33-34-35-36-37-38-39-40-41-42-44-46-48-50-52-54-56-58-60-62-67(70)72-65(63-68)64-71-66(69)61-59-57-55-53-51-49-47-45-43-22-20-18-16-14-12-10-8-6-4-2/h5,7,11,13,17-20,23-24,26-27,29-30,32-33,35-36,38-39,65,68H,3-4,6,8-10,12,14-16,21-22,25,28,31,34,37,40-64H2,1-2H3/b7-5-,13-11-,19-17-,20-18-,24-23-,27-26-,30-29-,33-32-,36-35-,39-38-. The number of aliphatic hydroxyl groups is 1.